The third kappa shape index (κ3) is 7.05. The highest BCUT2D eigenvalue weighted by Crippen LogP contribution is 2.16. The minimum atomic E-state index is 0.634. The van der Waals surface area contributed by atoms with E-state index in [4.69, 9.17) is 5.73 Å². The van der Waals surface area contributed by atoms with E-state index >= 15 is 0 Å². The molecule has 0 bridgehead atoms. The molecule has 0 aliphatic carbocycles. The molecule has 0 aromatic rings. The first-order chi connectivity index (χ1) is 9.69. The quantitative estimate of drug-likeness (QED) is 0.706. The van der Waals surface area contributed by atoms with Gasteiger partial charge in [-0.05, 0) is 44.3 Å². The first-order valence-electron chi connectivity index (χ1n) is 8.84. The van der Waals surface area contributed by atoms with E-state index < -0.39 is 0 Å². The molecule has 0 aromatic heterocycles. The molecule has 1 saturated heterocycles. The zero-order valence-electron chi connectivity index (χ0n) is 14.1. The molecule has 2 unspecified atom stereocenters. The molecule has 120 valence electrons. The molecule has 1 aliphatic rings. The topological polar surface area (TPSA) is 32.5 Å². The largest absolute Gasteiger partial charge is 0.330 e. The van der Waals surface area contributed by atoms with Crippen molar-refractivity contribution in [3.8, 4) is 0 Å². The van der Waals surface area contributed by atoms with Gasteiger partial charge in [-0.15, -0.1) is 0 Å². The van der Waals surface area contributed by atoms with Crippen LogP contribution in [0.15, 0.2) is 0 Å². The lowest BCUT2D eigenvalue weighted by atomic mass is 9.98. The van der Waals surface area contributed by atoms with E-state index in [1.165, 1.54) is 71.4 Å². The Morgan fingerprint density at radius 3 is 2.20 bits per heavy atom. The van der Waals surface area contributed by atoms with E-state index in [1.807, 2.05) is 0 Å². The minimum absolute atomic E-state index is 0.634. The number of hydrogen-bond donors (Lipinski definition) is 1. The smallest absolute Gasteiger partial charge is 0.0109 e. The summed E-state index contributed by atoms with van der Waals surface area (Å²) in [5.41, 5.74) is 5.75. The predicted molar refractivity (Wildman–Crippen MR) is 89.0 cm³/mol. The van der Waals surface area contributed by atoms with Crippen molar-refractivity contribution in [2.75, 3.05) is 45.8 Å². The van der Waals surface area contributed by atoms with Crippen molar-refractivity contribution in [3.63, 3.8) is 0 Å². The third-order valence-electron chi connectivity index (χ3n) is 4.71. The van der Waals surface area contributed by atoms with E-state index in [2.05, 4.69) is 30.6 Å². The first kappa shape index (κ1) is 17.9. The standard InChI is InChI=1S/C17H37N3/c1-4-6-8-17(5-2)15-20-10-7-9-19(11-12-20)14-16(3)13-18/h16-17H,4-15,18H2,1-3H3. The molecule has 2 atom stereocenters. The molecule has 0 aromatic carbocycles. The summed E-state index contributed by atoms with van der Waals surface area (Å²) in [7, 11) is 0. The zero-order valence-corrected chi connectivity index (χ0v) is 14.1. The van der Waals surface area contributed by atoms with Crippen molar-refractivity contribution in [2.24, 2.45) is 17.6 Å². The second kappa shape index (κ2) is 10.6. The van der Waals surface area contributed by atoms with Gasteiger partial charge in [0.1, 0.15) is 0 Å². The summed E-state index contributed by atoms with van der Waals surface area (Å²) in [5.74, 6) is 1.54. The molecule has 0 radical (unpaired) electrons. The Hall–Kier alpha value is -0.120. The summed E-state index contributed by atoms with van der Waals surface area (Å²) in [6, 6.07) is 0. The highest BCUT2D eigenvalue weighted by Gasteiger charge is 2.18. The van der Waals surface area contributed by atoms with Crippen molar-refractivity contribution < 1.29 is 0 Å². The number of nitrogens with zero attached hydrogens (tertiary/aromatic N) is 2. The maximum Gasteiger partial charge on any atom is 0.0109 e. The molecule has 2 N–H and O–H groups in total. The number of nitrogens with two attached hydrogens (primary N) is 1. The van der Waals surface area contributed by atoms with Gasteiger partial charge in [0.25, 0.3) is 0 Å². The summed E-state index contributed by atoms with van der Waals surface area (Å²) in [5, 5.41) is 0. The van der Waals surface area contributed by atoms with Crippen LogP contribution in [0.5, 0.6) is 0 Å². The van der Waals surface area contributed by atoms with Crippen LogP contribution in [-0.2, 0) is 0 Å². The predicted octanol–water partition coefficient (Wildman–Crippen LogP) is 2.81. The van der Waals surface area contributed by atoms with Crippen LogP contribution in [0.1, 0.15) is 52.9 Å². The Morgan fingerprint density at radius 2 is 1.65 bits per heavy atom. The van der Waals surface area contributed by atoms with E-state index in [9.17, 15) is 0 Å². The molecule has 1 aliphatic heterocycles. The third-order valence-corrected chi connectivity index (χ3v) is 4.71. The molecule has 0 spiro atoms. The second-order valence-electron chi connectivity index (χ2n) is 6.71. The molecule has 20 heavy (non-hydrogen) atoms. The minimum Gasteiger partial charge on any atom is -0.330 e. The van der Waals surface area contributed by atoms with Gasteiger partial charge in [0.2, 0.25) is 0 Å². The van der Waals surface area contributed by atoms with Gasteiger partial charge in [-0.25, -0.2) is 0 Å². The van der Waals surface area contributed by atoms with Gasteiger partial charge < -0.3 is 15.5 Å². The molecular weight excluding hydrogens is 246 g/mol. The average molecular weight is 284 g/mol. The molecule has 0 saturated carbocycles. The Bertz CT molecular complexity index is 232. The van der Waals surface area contributed by atoms with Crippen LogP contribution in [0, 0.1) is 11.8 Å². The second-order valence-corrected chi connectivity index (χ2v) is 6.71. The fourth-order valence-electron chi connectivity index (χ4n) is 3.19. The van der Waals surface area contributed by atoms with Gasteiger partial charge in [0, 0.05) is 26.2 Å². The summed E-state index contributed by atoms with van der Waals surface area (Å²) in [6.45, 7) is 15.3. The average Bonchev–Trinajstić information content (AvgIpc) is 2.68. The van der Waals surface area contributed by atoms with Crippen LogP contribution in [0.25, 0.3) is 0 Å². The van der Waals surface area contributed by atoms with Crippen molar-refractivity contribution >= 4 is 0 Å². The highest BCUT2D eigenvalue weighted by molar-refractivity contribution is 4.73. The maximum atomic E-state index is 5.75. The van der Waals surface area contributed by atoms with Crippen molar-refractivity contribution in [1.82, 2.24) is 9.80 Å². The van der Waals surface area contributed by atoms with Gasteiger partial charge in [0.05, 0.1) is 0 Å². The van der Waals surface area contributed by atoms with Crippen LogP contribution in [0.3, 0.4) is 0 Å². The zero-order chi connectivity index (χ0) is 14.8. The molecular formula is C17H37N3. The van der Waals surface area contributed by atoms with Gasteiger partial charge in [-0.3, -0.25) is 0 Å². The Balaban J connectivity index is 2.31. The van der Waals surface area contributed by atoms with Crippen LogP contribution in [0.4, 0.5) is 0 Å². The summed E-state index contributed by atoms with van der Waals surface area (Å²) in [6.07, 6.45) is 6.80. The number of unbranched alkanes of at least 4 members (excludes halogenated alkanes) is 1. The van der Waals surface area contributed by atoms with Gasteiger partial charge >= 0.3 is 0 Å². The van der Waals surface area contributed by atoms with Gasteiger partial charge in [-0.1, -0.05) is 40.0 Å². The Morgan fingerprint density at radius 1 is 1.00 bits per heavy atom. The Labute approximate surface area is 126 Å². The monoisotopic (exact) mass is 283 g/mol. The first-order valence-corrected chi connectivity index (χ1v) is 8.84. The van der Waals surface area contributed by atoms with Crippen molar-refractivity contribution in [1.29, 1.82) is 0 Å². The summed E-state index contributed by atoms with van der Waals surface area (Å²) < 4.78 is 0. The van der Waals surface area contributed by atoms with Gasteiger partial charge in [-0.2, -0.15) is 0 Å². The molecule has 3 heteroatoms. The number of hydrogen-bond acceptors (Lipinski definition) is 3. The highest BCUT2D eigenvalue weighted by atomic mass is 15.2. The lowest BCUT2D eigenvalue weighted by Crippen LogP contribution is -2.36. The summed E-state index contributed by atoms with van der Waals surface area (Å²) in [4.78, 5) is 5.32. The van der Waals surface area contributed by atoms with Crippen LogP contribution >= 0.6 is 0 Å². The lowest BCUT2D eigenvalue weighted by molar-refractivity contribution is 0.210. The van der Waals surface area contributed by atoms with E-state index in [1.54, 1.807) is 0 Å². The van der Waals surface area contributed by atoms with Crippen LogP contribution in [0.2, 0.25) is 0 Å². The van der Waals surface area contributed by atoms with Crippen LogP contribution in [-0.4, -0.2) is 55.6 Å². The fourth-order valence-corrected chi connectivity index (χ4v) is 3.19. The van der Waals surface area contributed by atoms with E-state index in [0.717, 1.165) is 12.5 Å². The van der Waals surface area contributed by atoms with Crippen LogP contribution < -0.4 is 5.73 Å². The van der Waals surface area contributed by atoms with E-state index in [-0.39, 0.29) is 0 Å². The van der Waals surface area contributed by atoms with Crippen molar-refractivity contribution in [2.45, 2.75) is 52.9 Å². The number of rotatable bonds is 9. The molecule has 1 heterocycles. The molecule has 1 fully saturated rings. The van der Waals surface area contributed by atoms with Crippen molar-refractivity contribution in [3.05, 3.63) is 0 Å². The maximum absolute atomic E-state index is 5.75. The Kier molecular flexibility index (Phi) is 9.49. The van der Waals surface area contributed by atoms with Gasteiger partial charge in [0.15, 0.2) is 0 Å². The van der Waals surface area contributed by atoms with E-state index in [0.29, 0.717) is 5.92 Å². The normalized spacial score (nSPS) is 21.6. The molecule has 3 nitrogen and oxygen atoms in total. The SMILES string of the molecule is CCCCC(CC)CN1CCCN(CC(C)CN)CC1. The fraction of sp³-hybridized carbons (Fsp3) is 1.00. The molecule has 0 amide bonds. The molecule has 1 rings (SSSR count). The lowest BCUT2D eigenvalue weighted by Gasteiger charge is -2.26. The summed E-state index contributed by atoms with van der Waals surface area (Å²) >= 11 is 0.